The molecule has 1 aromatic carbocycles. The number of carbonyl (C=O) groups is 1. The summed E-state index contributed by atoms with van der Waals surface area (Å²) in [4.78, 5) is 13.0. The Morgan fingerprint density at radius 3 is 2.42 bits per heavy atom. The van der Waals surface area contributed by atoms with Crippen LogP contribution in [-0.2, 0) is 0 Å². The van der Waals surface area contributed by atoms with E-state index in [2.05, 4.69) is 10.6 Å². The maximum Gasteiger partial charge on any atom is 0.405 e. The zero-order valence-corrected chi connectivity index (χ0v) is 13.3. The van der Waals surface area contributed by atoms with E-state index in [9.17, 15) is 26.7 Å². The molecule has 4 nitrogen and oxygen atoms in total. The number of hydrogen-bond acceptors (Lipinski definition) is 3. The molecule has 0 bridgehead atoms. The first kappa shape index (κ1) is 20.6. The number of hydrogen-bond donors (Lipinski definition) is 2. The number of benzene rings is 1. The van der Waals surface area contributed by atoms with E-state index >= 15 is 0 Å². The van der Waals surface area contributed by atoms with Crippen molar-refractivity contribution in [3.63, 3.8) is 0 Å². The van der Waals surface area contributed by atoms with Crippen LogP contribution in [0.5, 0.6) is 0 Å². The van der Waals surface area contributed by atoms with Crippen molar-refractivity contribution in [2.75, 3.05) is 32.7 Å². The van der Waals surface area contributed by atoms with Gasteiger partial charge in [-0.2, -0.15) is 13.2 Å². The van der Waals surface area contributed by atoms with Gasteiger partial charge >= 0.3 is 6.18 Å². The molecular weight excluding hydrogens is 357 g/mol. The highest BCUT2D eigenvalue weighted by Gasteiger charge is 2.43. The fourth-order valence-electron chi connectivity index (χ4n) is 2.40. The average molecular weight is 374 g/mol. The second kappa shape index (κ2) is 8.59. The molecule has 10 heteroatoms. The van der Waals surface area contributed by atoms with Crippen LogP contribution in [0.4, 0.5) is 22.0 Å². The number of nitrogens with zero attached hydrogens (tertiary/aromatic N) is 1. The van der Waals surface area contributed by atoms with Crippen LogP contribution in [0.15, 0.2) is 18.2 Å². The van der Waals surface area contributed by atoms with E-state index in [1.54, 1.807) is 0 Å². The molecule has 1 amide bonds. The molecule has 1 saturated heterocycles. The summed E-state index contributed by atoms with van der Waals surface area (Å²) in [5.74, 6) is -2.99. The number of piperazine rings is 1. The minimum atomic E-state index is -4.52. The lowest BCUT2D eigenvalue weighted by atomic mass is 10.1. The van der Waals surface area contributed by atoms with Crippen LogP contribution in [-0.4, -0.2) is 55.7 Å². The van der Waals surface area contributed by atoms with Crippen molar-refractivity contribution in [2.45, 2.75) is 12.2 Å². The topological polar surface area (TPSA) is 44.4 Å². The third-order valence-electron chi connectivity index (χ3n) is 3.60. The molecule has 0 saturated carbocycles. The molecule has 0 radical (unpaired) electrons. The van der Waals surface area contributed by atoms with Crippen molar-refractivity contribution in [3.8, 4) is 0 Å². The summed E-state index contributed by atoms with van der Waals surface area (Å²) in [5, 5.41) is 5.02. The Morgan fingerprint density at radius 2 is 1.88 bits per heavy atom. The summed E-state index contributed by atoms with van der Waals surface area (Å²) in [6, 6.07) is 0.423. The number of carbonyl (C=O) groups excluding carboxylic acids is 1. The van der Waals surface area contributed by atoms with Crippen LogP contribution in [0.25, 0.3) is 0 Å². The van der Waals surface area contributed by atoms with Crippen LogP contribution in [0.2, 0.25) is 0 Å². The molecule has 1 aromatic rings. The highest BCUT2D eigenvalue weighted by atomic mass is 35.5. The quantitative estimate of drug-likeness (QED) is 0.793. The summed E-state index contributed by atoms with van der Waals surface area (Å²) in [6.45, 7) is 0.551. The normalized spacial score (nSPS) is 17.0. The van der Waals surface area contributed by atoms with E-state index in [-0.39, 0.29) is 25.5 Å². The standard InChI is InChI=1S/C14H16F5N3O.ClH/c15-9-1-2-10(11(16)7-9)13(23)21-8-12(14(17,18)19)22-5-3-20-4-6-22;/h1-2,7,12,20H,3-6,8H2,(H,21,23);1H. The van der Waals surface area contributed by atoms with Crippen LogP contribution in [0, 0.1) is 11.6 Å². The van der Waals surface area contributed by atoms with Crippen LogP contribution in [0.3, 0.4) is 0 Å². The second-order valence-corrected chi connectivity index (χ2v) is 5.18. The van der Waals surface area contributed by atoms with E-state index in [1.807, 2.05) is 0 Å². The number of nitrogens with one attached hydrogen (secondary N) is 2. The predicted octanol–water partition coefficient (Wildman–Crippen LogP) is 1.95. The monoisotopic (exact) mass is 373 g/mol. The van der Waals surface area contributed by atoms with Crippen LogP contribution < -0.4 is 10.6 Å². The fourth-order valence-corrected chi connectivity index (χ4v) is 2.40. The predicted molar refractivity (Wildman–Crippen MR) is 80.2 cm³/mol. The lowest BCUT2D eigenvalue weighted by molar-refractivity contribution is -0.183. The van der Waals surface area contributed by atoms with E-state index in [0.29, 0.717) is 19.2 Å². The summed E-state index contributed by atoms with van der Waals surface area (Å²) < 4.78 is 65.7. The Kier molecular flexibility index (Phi) is 7.37. The van der Waals surface area contributed by atoms with E-state index in [1.165, 1.54) is 4.90 Å². The first-order chi connectivity index (χ1) is 10.8. The first-order valence-electron chi connectivity index (χ1n) is 7.04. The molecule has 0 spiro atoms. The highest BCUT2D eigenvalue weighted by molar-refractivity contribution is 5.94. The van der Waals surface area contributed by atoms with Gasteiger partial charge in [-0.15, -0.1) is 12.4 Å². The number of rotatable bonds is 4. The van der Waals surface area contributed by atoms with Gasteiger partial charge in [0.05, 0.1) is 5.56 Å². The maximum atomic E-state index is 13.5. The summed E-state index contributed by atoms with van der Waals surface area (Å²) >= 11 is 0. The zero-order chi connectivity index (χ0) is 17.0. The molecule has 0 aliphatic carbocycles. The van der Waals surface area contributed by atoms with Gasteiger partial charge < -0.3 is 10.6 Å². The Morgan fingerprint density at radius 1 is 1.25 bits per heavy atom. The maximum absolute atomic E-state index is 13.5. The molecule has 1 atom stereocenters. The number of alkyl halides is 3. The largest absolute Gasteiger partial charge is 0.405 e. The van der Waals surface area contributed by atoms with Crippen molar-refractivity contribution in [1.29, 1.82) is 0 Å². The summed E-state index contributed by atoms with van der Waals surface area (Å²) in [7, 11) is 0. The Bertz CT molecular complexity index is 564. The van der Waals surface area contributed by atoms with Gasteiger partial charge in [-0.1, -0.05) is 0 Å². The van der Waals surface area contributed by atoms with Crippen molar-refractivity contribution in [2.24, 2.45) is 0 Å². The number of amides is 1. The summed E-state index contributed by atoms with van der Waals surface area (Å²) in [6.07, 6.45) is -4.52. The van der Waals surface area contributed by atoms with Crippen molar-refractivity contribution < 1.29 is 26.7 Å². The van der Waals surface area contributed by atoms with Crippen molar-refractivity contribution in [3.05, 3.63) is 35.4 Å². The average Bonchev–Trinajstić information content (AvgIpc) is 2.47. The molecule has 1 aliphatic heterocycles. The Labute approximate surface area is 141 Å². The van der Waals surface area contributed by atoms with Gasteiger partial charge in [0.15, 0.2) is 0 Å². The van der Waals surface area contributed by atoms with Gasteiger partial charge in [0.1, 0.15) is 17.7 Å². The molecule has 1 unspecified atom stereocenters. The second-order valence-electron chi connectivity index (χ2n) is 5.18. The van der Waals surface area contributed by atoms with E-state index < -0.39 is 41.9 Å². The molecule has 24 heavy (non-hydrogen) atoms. The van der Waals surface area contributed by atoms with Gasteiger partial charge in [0.2, 0.25) is 0 Å². The minimum absolute atomic E-state index is 0. The molecule has 2 N–H and O–H groups in total. The minimum Gasteiger partial charge on any atom is -0.350 e. The fraction of sp³-hybridized carbons (Fsp3) is 0.500. The van der Waals surface area contributed by atoms with Crippen LogP contribution in [0.1, 0.15) is 10.4 Å². The molecule has 2 rings (SSSR count). The highest BCUT2D eigenvalue weighted by Crippen LogP contribution is 2.25. The van der Waals surface area contributed by atoms with Crippen molar-refractivity contribution >= 4 is 18.3 Å². The van der Waals surface area contributed by atoms with Crippen LogP contribution >= 0.6 is 12.4 Å². The third kappa shape index (κ3) is 5.29. The van der Waals surface area contributed by atoms with Gasteiger partial charge in [-0.05, 0) is 12.1 Å². The first-order valence-corrected chi connectivity index (χ1v) is 7.04. The van der Waals surface area contributed by atoms with E-state index in [4.69, 9.17) is 0 Å². The molecular formula is C14H17ClF5N3O. The van der Waals surface area contributed by atoms with Crippen molar-refractivity contribution in [1.82, 2.24) is 15.5 Å². The lowest BCUT2D eigenvalue weighted by Crippen LogP contribution is -2.57. The molecule has 1 aliphatic rings. The van der Waals surface area contributed by atoms with Gasteiger partial charge in [-0.3, -0.25) is 9.69 Å². The Hall–Kier alpha value is -1.45. The molecule has 136 valence electrons. The smallest absolute Gasteiger partial charge is 0.350 e. The van der Waals surface area contributed by atoms with Gasteiger partial charge in [-0.25, -0.2) is 8.78 Å². The van der Waals surface area contributed by atoms with Gasteiger partial charge in [0.25, 0.3) is 5.91 Å². The zero-order valence-electron chi connectivity index (χ0n) is 12.5. The Balaban J connectivity index is 0.00000288. The number of halogens is 6. The van der Waals surface area contributed by atoms with Gasteiger partial charge in [0, 0.05) is 38.8 Å². The third-order valence-corrected chi connectivity index (χ3v) is 3.60. The lowest BCUT2D eigenvalue weighted by Gasteiger charge is -2.35. The summed E-state index contributed by atoms with van der Waals surface area (Å²) in [5.41, 5.74) is -0.493. The molecule has 1 heterocycles. The van der Waals surface area contributed by atoms with E-state index in [0.717, 1.165) is 12.1 Å². The molecule has 0 aromatic heterocycles. The SMILES string of the molecule is Cl.O=C(NCC(N1CCNCC1)C(F)(F)F)c1ccc(F)cc1F. The molecule has 1 fully saturated rings.